The number of carbonyl (C=O) groups excluding carboxylic acids is 1. The molecule has 1 amide bonds. The van der Waals surface area contributed by atoms with Crippen LogP contribution in [-0.2, 0) is 0 Å². The van der Waals surface area contributed by atoms with Crippen LogP contribution >= 0.6 is 0 Å². The van der Waals surface area contributed by atoms with E-state index >= 15 is 0 Å². The minimum atomic E-state index is -0.577. The SMILES string of the molecule is N#Cc1cccc(Nc2ccc(N)c(C(N)=O)c2)c1. The van der Waals surface area contributed by atoms with Gasteiger partial charge in [-0.1, -0.05) is 6.07 Å². The molecule has 2 aromatic rings. The fourth-order valence-electron chi connectivity index (χ4n) is 1.68. The van der Waals surface area contributed by atoms with Gasteiger partial charge in [-0.3, -0.25) is 4.79 Å². The van der Waals surface area contributed by atoms with Crippen LogP contribution in [0.25, 0.3) is 0 Å². The summed E-state index contributed by atoms with van der Waals surface area (Å²) in [6, 6.07) is 14.0. The lowest BCUT2D eigenvalue weighted by molar-refractivity contribution is 0.100. The number of benzene rings is 2. The third kappa shape index (κ3) is 2.82. The molecular weight excluding hydrogens is 240 g/mol. The first-order chi connectivity index (χ1) is 9.10. The Hall–Kier alpha value is -3.00. The number of carbonyl (C=O) groups is 1. The number of anilines is 3. The van der Waals surface area contributed by atoms with Crippen LogP contribution in [0.3, 0.4) is 0 Å². The minimum absolute atomic E-state index is 0.265. The predicted octanol–water partition coefficient (Wildman–Crippen LogP) is 1.98. The van der Waals surface area contributed by atoms with E-state index in [0.29, 0.717) is 16.9 Å². The van der Waals surface area contributed by atoms with Crippen LogP contribution in [0.2, 0.25) is 0 Å². The largest absolute Gasteiger partial charge is 0.398 e. The predicted molar refractivity (Wildman–Crippen MR) is 73.8 cm³/mol. The molecule has 5 nitrogen and oxygen atoms in total. The fourth-order valence-corrected chi connectivity index (χ4v) is 1.68. The Morgan fingerprint density at radius 1 is 1.16 bits per heavy atom. The standard InChI is InChI=1S/C14H12N4O/c15-8-9-2-1-3-10(6-9)18-11-4-5-13(16)12(7-11)14(17)19/h1-7,18H,16H2,(H2,17,19). The summed E-state index contributed by atoms with van der Waals surface area (Å²) in [5, 5.41) is 11.9. The summed E-state index contributed by atoms with van der Waals surface area (Å²) in [5.74, 6) is -0.577. The van der Waals surface area contributed by atoms with E-state index < -0.39 is 5.91 Å². The van der Waals surface area contributed by atoms with Gasteiger partial charge >= 0.3 is 0 Å². The van der Waals surface area contributed by atoms with Crippen LogP contribution in [0, 0.1) is 11.3 Å². The van der Waals surface area contributed by atoms with Crippen molar-refractivity contribution in [2.75, 3.05) is 11.1 Å². The lowest BCUT2D eigenvalue weighted by Crippen LogP contribution is -2.13. The van der Waals surface area contributed by atoms with Gasteiger partial charge in [-0.05, 0) is 36.4 Å². The molecule has 0 aliphatic carbocycles. The van der Waals surface area contributed by atoms with Crippen LogP contribution in [0.15, 0.2) is 42.5 Å². The molecule has 5 N–H and O–H groups in total. The van der Waals surface area contributed by atoms with E-state index in [-0.39, 0.29) is 5.56 Å². The first-order valence-electron chi connectivity index (χ1n) is 5.56. The van der Waals surface area contributed by atoms with E-state index in [1.165, 1.54) is 0 Å². The minimum Gasteiger partial charge on any atom is -0.398 e. The highest BCUT2D eigenvalue weighted by Gasteiger charge is 2.06. The number of hydrogen-bond acceptors (Lipinski definition) is 4. The summed E-state index contributed by atoms with van der Waals surface area (Å²) >= 11 is 0. The van der Waals surface area contributed by atoms with Crippen LogP contribution in [0.5, 0.6) is 0 Å². The van der Waals surface area contributed by atoms with Gasteiger partial charge in [0.25, 0.3) is 5.91 Å². The number of nitrogens with two attached hydrogens (primary N) is 2. The summed E-state index contributed by atoms with van der Waals surface area (Å²) in [6.45, 7) is 0. The second-order valence-corrected chi connectivity index (χ2v) is 3.98. The molecule has 0 aromatic heterocycles. The number of nitriles is 1. The molecule has 0 atom stereocenters. The maximum absolute atomic E-state index is 11.2. The Morgan fingerprint density at radius 3 is 2.58 bits per heavy atom. The second-order valence-electron chi connectivity index (χ2n) is 3.98. The third-order valence-electron chi connectivity index (χ3n) is 2.60. The Morgan fingerprint density at radius 2 is 1.89 bits per heavy atom. The smallest absolute Gasteiger partial charge is 0.250 e. The molecule has 0 unspecified atom stereocenters. The van der Waals surface area contributed by atoms with Crippen molar-refractivity contribution < 1.29 is 4.79 Å². The lowest BCUT2D eigenvalue weighted by Gasteiger charge is -2.09. The number of nitrogens with zero attached hydrogens (tertiary/aromatic N) is 1. The molecular formula is C14H12N4O. The highest BCUT2D eigenvalue weighted by atomic mass is 16.1. The number of primary amides is 1. The van der Waals surface area contributed by atoms with Crippen molar-refractivity contribution in [3.8, 4) is 6.07 Å². The van der Waals surface area contributed by atoms with E-state index in [1.807, 2.05) is 6.07 Å². The van der Waals surface area contributed by atoms with Gasteiger partial charge in [0.1, 0.15) is 0 Å². The topological polar surface area (TPSA) is 105 Å². The molecule has 0 aliphatic heterocycles. The number of hydrogen-bond donors (Lipinski definition) is 3. The zero-order chi connectivity index (χ0) is 13.8. The first kappa shape index (κ1) is 12.5. The Labute approximate surface area is 110 Å². The van der Waals surface area contributed by atoms with Crippen molar-refractivity contribution in [1.82, 2.24) is 0 Å². The molecule has 0 fully saturated rings. The molecule has 94 valence electrons. The normalized spacial score (nSPS) is 9.63. The zero-order valence-corrected chi connectivity index (χ0v) is 10.1. The number of rotatable bonds is 3. The molecule has 2 rings (SSSR count). The van der Waals surface area contributed by atoms with Crippen LogP contribution < -0.4 is 16.8 Å². The van der Waals surface area contributed by atoms with Gasteiger partial charge < -0.3 is 16.8 Å². The average molecular weight is 252 g/mol. The molecule has 0 spiro atoms. The van der Waals surface area contributed by atoms with Gasteiger partial charge in [-0.25, -0.2) is 0 Å². The Kier molecular flexibility index (Phi) is 3.35. The van der Waals surface area contributed by atoms with Gasteiger partial charge in [-0.2, -0.15) is 5.26 Å². The third-order valence-corrected chi connectivity index (χ3v) is 2.60. The molecule has 19 heavy (non-hydrogen) atoms. The average Bonchev–Trinajstić information content (AvgIpc) is 2.41. The molecule has 0 radical (unpaired) electrons. The van der Waals surface area contributed by atoms with Crippen molar-refractivity contribution in [1.29, 1.82) is 5.26 Å². The van der Waals surface area contributed by atoms with Crippen molar-refractivity contribution in [3.63, 3.8) is 0 Å². The van der Waals surface area contributed by atoms with E-state index in [2.05, 4.69) is 11.4 Å². The monoisotopic (exact) mass is 252 g/mol. The lowest BCUT2D eigenvalue weighted by atomic mass is 10.1. The van der Waals surface area contributed by atoms with E-state index in [0.717, 1.165) is 5.69 Å². The van der Waals surface area contributed by atoms with E-state index in [4.69, 9.17) is 16.7 Å². The van der Waals surface area contributed by atoms with Crippen molar-refractivity contribution in [2.45, 2.75) is 0 Å². The summed E-state index contributed by atoms with van der Waals surface area (Å²) in [7, 11) is 0. The van der Waals surface area contributed by atoms with E-state index in [9.17, 15) is 4.79 Å². The Bertz CT molecular complexity index is 673. The quantitative estimate of drug-likeness (QED) is 0.726. The molecule has 0 saturated heterocycles. The van der Waals surface area contributed by atoms with Gasteiger partial charge in [-0.15, -0.1) is 0 Å². The summed E-state index contributed by atoms with van der Waals surface area (Å²) in [5.41, 5.74) is 13.5. The Balaban J connectivity index is 2.31. The number of nitrogens with one attached hydrogen (secondary N) is 1. The van der Waals surface area contributed by atoms with Gasteiger partial charge in [0.05, 0.1) is 17.2 Å². The second kappa shape index (κ2) is 5.10. The highest BCUT2D eigenvalue weighted by Crippen LogP contribution is 2.21. The molecule has 5 heteroatoms. The molecule has 2 aromatic carbocycles. The first-order valence-corrected chi connectivity index (χ1v) is 5.56. The van der Waals surface area contributed by atoms with Crippen LogP contribution in [0.1, 0.15) is 15.9 Å². The molecule has 0 saturated carbocycles. The van der Waals surface area contributed by atoms with Crippen molar-refractivity contribution >= 4 is 23.0 Å². The maximum atomic E-state index is 11.2. The van der Waals surface area contributed by atoms with Crippen molar-refractivity contribution in [2.24, 2.45) is 5.73 Å². The summed E-state index contributed by atoms with van der Waals surface area (Å²) in [4.78, 5) is 11.2. The highest BCUT2D eigenvalue weighted by molar-refractivity contribution is 5.99. The van der Waals surface area contributed by atoms with Crippen LogP contribution in [0.4, 0.5) is 17.1 Å². The van der Waals surface area contributed by atoms with E-state index in [1.54, 1.807) is 36.4 Å². The maximum Gasteiger partial charge on any atom is 0.250 e. The van der Waals surface area contributed by atoms with Crippen LogP contribution in [-0.4, -0.2) is 5.91 Å². The summed E-state index contributed by atoms with van der Waals surface area (Å²) < 4.78 is 0. The molecule has 0 heterocycles. The fraction of sp³-hybridized carbons (Fsp3) is 0. The molecule has 0 aliphatic rings. The number of amides is 1. The van der Waals surface area contributed by atoms with Gasteiger partial charge in [0.2, 0.25) is 0 Å². The van der Waals surface area contributed by atoms with Gasteiger partial charge in [0.15, 0.2) is 0 Å². The number of nitrogen functional groups attached to an aromatic ring is 1. The van der Waals surface area contributed by atoms with Crippen molar-refractivity contribution in [3.05, 3.63) is 53.6 Å². The van der Waals surface area contributed by atoms with Gasteiger partial charge in [0, 0.05) is 17.1 Å². The zero-order valence-electron chi connectivity index (χ0n) is 10.1. The molecule has 0 bridgehead atoms. The summed E-state index contributed by atoms with van der Waals surface area (Å²) in [6.07, 6.45) is 0.